The third-order valence-electron chi connectivity index (χ3n) is 3.35. The van der Waals surface area contributed by atoms with Gasteiger partial charge in [0.25, 0.3) is 0 Å². The van der Waals surface area contributed by atoms with Gasteiger partial charge in [0.05, 0.1) is 6.54 Å². The standard InChI is InChI=1S/C11H17BrN2O3S/c1-2-8-3-4-14(7-8)18(15,16)10-5-9(6-13)17-11(10)12/h5,8H,2-4,6-7,13H2,1H3. The van der Waals surface area contributed by atoms with Gasteiger partial charge < -0.3 is 10.2 Å². The Labute approximate surface area is 116 Å². The zero-order chi connectivity index (χ0) is 13.3. The fourth-order valence-corrected chi connectivity index (χ4v) is 4.65. The van der Waals surface area contributed by atoms with Crippen molar-refractivity contribution < 1.29 is 12.8 Å². The molecular weight excluding hydrogens is 320 g/mol. The predicted molar refractivity (Wildman–Crippen MR) is 71.5 cm³/mol. The van der Waals surface area contributed by atoms with Gasteiger partial charge in [-0.25, -0.2) is 8.42 Å². The molecule has 0 spiro atoms. The van der Waals surface area contributed by atoms with E-state index in [2.05, 4.69) is 22.9 Å². The van der Waals surface area contributed by atoms with Crippen LogP contribution in [0.5, 0.6) is 0 Å². The number of hydrogen-bond acceptors (Lipinski definition) is 4. The molecule has 0 saturated carbocycles. The molecule has 1 aromatic heterocycles. The van der Waals surface area contributed by atoms with E-state index >= 15 is 0 Å². The van der Waals surface area contributed by atoms with Gasteiger partial charge in [-0.15, -0.1) is 0 Å². The molecule has 102 valence electrons. The molecule has 1 atom stereocenters. The van der Waals surface area contributed by atoms with Crippen LogP contribution >= 0.6 is 15.9 Å². The van der Waals surface area contributed by atoms with Crippen molar-refractivity contribution in [2.75, 3.05) is 13.1 Å². The molecule has 2 rings (SSSR count). The SMILES string of the molecule is CCC1CCN(S(=O)(=O)c2cc(CN)oc2Br)C1. The number of sulfonamides is 1. The number of nitrogens with two attached hydrogens (primary N) is 1. The topological polar surface area (TPSA) is 76.5 Å². The smallest absolute Gasteiger partial charge is 0.247 e. The van der Waals surface area contributed by atoms with Crippen LogP contribution in [0, 0.1) is 5.92 Å². The summed E-state index contributed by atoms with van der Waals surface area (Å²) in [4.78, 5) is 0.180. The normalized spacial score (nSPS) is 21.6. The molecule has 5 nitrogen and oxygen atoms in total. The minimum absolute atomic E-state index is 0.180. The fourth-order valence-electron chi connectivity index (χ4n) is 2.16. The molecule has 1 saturated heterocycles. The molecule has 0 aliphatic carbocycles. The van der Waals surface area contributed by atoms with Gasteiger partial charge in [-0.2, -0.15) is 4.31 Å². The summed E-state index contributed by atoms with van der Waals surface area (Å²) in [5, 5.41) is 0. The number of rotatable bonds is 4. The van der Waals surface area contributed by atoms with Crippen LogP contribution in [0.25, 0.3) is 0 Å². The molecule has 0 radical (unpaired) electrons. The quantitative estimate of drug-likeness (QED) is 0.911. The summed E-state index contributed by atoms with van der Waals surface area (Å²) < 4.78 is 31.9. The van der Waals surface area contributed by atoms with Crippen molar-refractivity contribution >= 4 is 26.0 Å². The Morgan fingerprint density at radius 2 is 2.33 bits per heavy atom. The average Bonchev–Trinajstić information content (AvgIpc) is 2.95. The monoisotopic (exact) mass is 336 g/mol. The Hall–Kier alpha value is -0.370. The highest BCUT2D eigenvalue weighted by molar-refractivity contribution is 9.10. The van der Waals surface area contributed by atoms with Crippen LogP contribution < -0.4 is 5.73 Å². The average molecular weight is 337 g/mol. The zero-order valence-corrected chi connectivity index (χ0v) is 12.6. The summed E-state index contributed by atoms with van der Waals surface area (Å²) >= 11 is 3.14. The third kappa shape index (κ3) is 2.49. The van der Waals surface area contributed by atoms with Gasteiger partial charge in [-0.05, 0) is 28.3 Å². The molecule has 1 aliphatic heterocycles. The minimum Gasteiger partial charge on any atom is -0.452 e. The van der Waals surface area contributed by atoms with Crippen LogP contribution in [-0.2, 0) is 16.6 Å². The molecule has 1 aromatic rings. The van der Waals surface area contributed by atoms with E-state index < -0.39 is 10.0 Å². The van der Waals surface area contributed by atoms with E-state index in [-0.39, 0.29) is 16.1 Å². The van der Waals surface area contributed by atoms with Crippen LogP contribution in [0.1, 0.15) is 25.5 Å². The molecule has 2 N–H and O–H groups in total. The van der Waals surface area contributed by atoms with E-state index in [1.807, 2.05) is 0 Å². The second-order valence-corrected chi connectivity index (χ2v) is 7.11. The number of nitrogens with zero attached hydrogens (tertiary/aromatic N) is 1. The van der Waals surface area contributed by atoms with Crippen LogP contribution in [0.2, 0.25) is 0 Å². The van der Waals surface area contributed by atoms with Crippen LogP contribution in [0.3, 0.4) is 0 Å². The second kappa shape index (κ2) is 5.32. The Kier molecular flexibility index (Phi) is 4.15. The molecule has 1 aliphatic rings. The first kappa shape index (κ1) is 14.0. The van der Waals surface area contributed by atoms with Crippen molar-refractivity contribution in [1.29, 1.82) is 0 Å². The maximum absolute atomic E-state index is 12.4. The first-order chi connectivity index (χ1) is 8.48. The molecular formula is C11H17BrN2O3S. The van der Waals surface area contributed by atoms with Gasteiger partial charge in [0.2, 0.25) is 10.0 Å². The molecule has 0 amide bonds. The first-order valence-electron chi connectivity index (χ1n) is 5.97. The lowest BCUT2D eigenvalue weighted by atomic mass is 10.1. The highest BCUT2D eigenvalue weighted by atomic mass is 79.9. The summed E-state index contributed by atoms with van der Waals surface area (Å²) in [6.45, 7) is 3.44. The van der Waals surface area contributed by atoms with Crippen molar-refractivity contribution in [1.82, 2.24) is 4.31 Å². The van der Waals surface area contributed by atoms with E-state index in [9.17, 15) is 8.42 Å². The Morgan fingerprint density at radius 3 is 2.83 bits per heavy atom. The second-order valence-electron chi connectivity index (χ2n) is 4.48. The van der Waals surface area contributed by atoms with Gasteiger partial charge in [0, 0.05) is 19.2 Å². The van der Waals surface area contributed by atoms with E-state index in [1.54, 1.807) is 0 Å². The largest absolute Gasteiger partial charge is 0.452 e. The van der Waals surface area contributed by atoms with Crippen LogP contribution in [-0.4, -0.2) is 25.8 Å². The highest BCUT2D eigenvalue weighted by Crippen LogP contribution is 2.32. The maximum atomic E-state index is 12.4. The lowest BCUT2D eigenvalue weighted by molar-refractivity contribution is 0.447. The lowest BCUT2D eigenvalue weighted by Gasteiger charge is -2.15. The summed E-state index contributed by atoms with van der Waals surface area (Å²) in [6, 6.07) is 1.50. The Bertz CT molecular complexity index is 526. The molecule has 18 heavy (non-hydrogen) atoms. The van der Waals surface area contributed by atoms with Crippen molar-refractivity contribution in [3.63, 3.8) is 0 Å². The van der Waals surface area contributed by atoms with Gasteiger partial charge in [0.15, 0.2) is 4.67 Å². The van der Waals surface area contributed by atoms with Crippen molar-refractivity contribution in [3.05, 3.63) is 16.5 Å². The van der Waals surface area contributed by atoms with Crippen molar-refractivity contribution in [2.24, 2.45) is 11.7 Å². The molecule has 1 unspecified atom stereocenters. The number of furan rings is 1. The highest BCUT2D eigenvalue weighted by Gasteiger charge is 2.34. The lowest BCUT2D eigenvalue weighted by Crippen LogP contribution is -2.28. The predicted octanol–water partition coefficient (Wildman–Crippen LogP) is 1.92. The van der Waals surface area contributed by atoms with Gasteiger partial charge in [-0.1, -0.05) is 13.3 Å². The maximum Gasteiger partial charge on any atom is 0.247 e. The van der Waals surface area contributed by atoms with Crippen molar-refractivity contribution in [3.8, 4) is 0 Å². The van der Waals surface area contributed by atoms with Gasteiger partial charge in [0.1, 0.15) is 10.7 Å². The fraction of sp³-hybridized carbons (Fsp3) is 0.636. The molecule has 1 fully saturated rings. The van der Waals surface area contributed by atoms with E-state index in [0.29, 0.717) is 24.8 Å². The van der Waals surface area contributed by atoms with E-state index in [4.69, 9.17) is 10.2 Å². The van der Waals surface area contributed by atoms with Gasteiger partial charge >= 0.3 is 0 Å². The van der Waals surface area contributed by atoms with Crippen LogP contribution in [0.15, 0.2) is 20.0 Å². The molecule has 0 aromatic carbocycles. The summed E-state index contributed by atoms with van der Waals surface area (Å²) in [5.41, 5.74) is 5.45. The van der Waals surface area contributed by atoms with E-state index in [1.165, 1.54) is 10.4 Å². The van der Waals surface area contributed by atoms with Crippen molar-refractivity contribution in [2.45, 2.75) is 31.2 Å². The summed E-state index contributed by atoms with van der Waals surface area (Å²) in [6.07, 6.45) is 1.93. The first-order valence-corrected chi connectivity index (χ1v) is 8.20. The molecule has 0 bridgehead atoms. The summed E-state index contributed by atoms with van der Waals surface area (Å²) in [7, 11) is -3.46. The Morgan fingerprint density at radius 1 is 1.61 bits per heavy atom. The minimum atomic E-state index is -3.46. The zero-order valence-electron chi connectivity index (χ0n) is 10.2. The molecule has 7 heteroatoms. The Balaban J connectivity index is 2.28. The van der Waals surface area contributed by atoms with E-state index in [0.717, 1.165) is 12.8 Å². The van der Waals surface area contributed by atoms with Crippen LogP contribution in [0.4, 0.5) is 0 Å². The van der Waals surface area contributed by atoms with Gasteiger partial charge in [-0.3, -0.25) is 0 Å². The number of halogens is 1. The third-order valence-corrected chi connectivity index (χ3v) is 6.07. The number of hydrogen-bond donors (Lipinski definition) is 1. The summed E-state index contributed by atoms with van der Waals surface area (Å²) in [5.74, 6) is 0.922. The molecule has 2 heterocycles.